The average Bonchev–Trinajstić information content (AvgIpc) is 2.00. The van der Waals surface area contributed by atoms with Crippen LogP contribution in [0.15, 0.2) is 0 Å². The molecule has 15 heavy (non-hydrogen) atoms. The summed E-state index contributed by atoms with van der Waals surface area (Å²) < 4.78 is 5.09. The summed E-state index contributed by atoms with van der Waals surface area (Å²) in [4.78, 5) is 23.9. The van der Waals surface area contributed by atoms with Crippen molar-refractivity contribution in [1.29, 1.82) is 0 Å². The first-order chi connectivity index (χ1) is 6.76. The first-order valence-corrected chi connectivity index (χ1v) is 5.64. The molecule has 0 heterocycles. The van der Waals surface area contributed by atoms with Gasteiger partial charge in [-0.3, -0.25) is 4.79 Å². The summed E-state index contributed by atoms with van der Waals surface area (Å²) in [7, 11) is 1.54. The molecule has 87 valence electrons. The van der Waals surface area contributed by atoms with Gasteiger partial charge in [-0.05, 0) is 27.7 Å². The van der Waals surface area contributed by atoms with Crippen molar-refractivity contribution in [2.24, 2.45) is 0 Å². The second-order valence-corrected chi connectivity index (χ2v) is 5.21. The van der Waals surface area contributed by atoms with Gasteiger partial charge in [0.15, 0.2) is 0 Å². The molecule has 0 rings (SSSR count). The van der Waals surface area contributed by atoms with Crippen LogP contribution in [0.25, 0.3) is 0 Å². The Labute approximate surface area is 95.3 Å². The molecule has 0 aliphatic carbocycles. The molecule has 4 nitrogen and oxygen atoms in total. The van der Waals surface area contributed by atoms with Gasteiger partial charge in [0.2, 0.25) is 5.12 Å². The third-order valence-corrected chi connectivity index (χ3v) is 1.99. The zero-order chi connectivity index (χ0) is 12.1. The highest BCUT2D eigenvalue weighted by molar-refractivity contribution is 8.13. The topological polar surface area (TPSA) is 46.6 Å². The molecule has 0 bridgehead atoms. The largest absolute Gasteiger partial charge is 0.444 e. The number of carbonyl (C=O) groups is 2. The van der Waals surface area contributed by atoms with E-state index in [4.69, 9.17) is 4.74 Å². The number of hydrogen-bond donors (Lipinski definition) is 0. The van der Waals surface area contributed by atoms with Crippen LogP contribution in [0.5, 0.6) is 0 Å². The first-order valence-electron chi connectivity index (χ1n) is 4.65. The van der Waals surface area contributed by atoms with E-state index >= 15 is 0 Å². The van der Waals surface area contributed by atoms with E-state index in [1.165, 1.54) is 11.9 Å². The number of rotatable bonds is 3. The van der Waals surface area contributed by atoms with E-state index in [2.05, 4.69) is 6.92 Å². The van der Waals surface area contributed by atoms with Gasteiger partial charge in [0.25, 0.3) is 0 Å². The van der Waals surface area contributed by atoms with Gasteiger partial charge in [-0.2, -0.15) is 0 Å². The maximum atomic E-state index is 11.4. The molecule has 0 aromatic rings. The Morgan fingerprint density at radius 3 is 2.33 bits per heavy atom. The Morgan fingerprint density at radius 1 is 1.40 bits per heavy atom. The molecule has 0 aromatic heterocycles. The fourth-order valence-corrected chi connectivity index (χ4v) is 1.27. The van der Waals surface area contributed by atoms with Gasteiger partial charge >= 0.3 is 6.09 Å². The van der Waals surface area contributed by atoms with E-state index in [-0.39, 0.29) is 11.7 Å². The standard InChI is InChI=1S/C10H18NO3S/c1-6-15-8(12)7-11(5)9(13)14-10(2,3)4/h1,6-7H2,2-5H3. The number of likely N-dealkylation sites (N-methyl/N-ethyl adjacent to an activating group) is 1. The maximum absolute atomic E-state index is 11.4. The Bertz CT molecular complexity index is 235. The molecule has 1 radical (unpaired) electrons. The average molecular weight is 232 g/mol. The highest BCUT2D eigenvalue weighted by atomic mass is 32.2. The van der Waals surface area contributed by atoms with Gasteiger partial charge in [-0.25, -0.2) is 4.79 Å². The molecule has 5 heteroatoms. The predicted molar refractivity (Wildman–Crippen MR) is 61.7 cm³/mol. The van der Waals surface area contributed by atoms with Gasteiger partial charge < -0.3 is 9.64 Å². The lowest BCUT2D eigenvalue weighted by atomic mass is 10.2. The number of nitrogens with zero attached hydrogens (tertiary/aromatic N) is 1. The lowest BCUT2D eigenvalue weighted by Crippen LogP contribution is -2.36. The normalized spacial score (nSPS) is 11.0. The molecule has 0 unspecified atom stereocenters. The summed E-state index contributed by atoms with van der Waals surface area (Å²) in [6.45, 7) is 8.94. The zero-order valence-corrected chi connectivity index (χ0v) is 10.5. The van der Waals surface area contributed by atoms with Gasteiger partial charge in [-0.15, -0.1) is 0 Å². The molecule has 1 amide bonds. The van der Waals surface area contributed by atoms with Crippen LogP contribution in [0.4, 0.5) is 4.79 Å². The van der Waals surface area contributed by atoms with E-state index in [0.717, 1.165) is 11.8 Å². The van der Waals surface area contributed by atoms with Crippen LogP contribution < -0.4 is 0 Å². The van der Waals surface area contributed by atoms with Crippen molar-refractivity contribution in [1.82, 2.24) is 4.90 Å². The number of amides is 1. The van der Waals surface area contributed by atoms with Crippen LogP contribution in [0.3, 0.4) is 0 Å². The summed E-state index contributed by atoms with van der Waals surface area (Å²) in [5.74, 6) is 0.473. The van der Waals surface area contributed by atoms with E-state index in [0.29, 0.717) is 5.75 Å². The van der Waals surface area contributed by atoms with Crippen LogP contribution in [0.1, 0.15) is 20.8 Å². The van der Waals surface area contributed by atoms with Gasteiger partial charge in [0.1, 0.15) is 5.60 Å². The monoisotopic (exact) mass is 232 g/mol. The molecule has 0 saturated heterocycles. The van der Waals surface area contributed by atoms with Crippen LogP contribution in [-0.2, 0) is 9.53 Å². The highest BCUT2D eigenvalue weighted by Gasteiger charge is 2.20. The lowest BCUT2D eigenvalue weighted by Gasteiger charge is -2.24. The van der Waals surface area contributed by atoms with Crippen molar-refractivity contribution in [3.63, 3.8) is 0 Å². The molecule has 0 fully saturated rings. The van der Waals surface area contributed by atoms with Crippen molar-refractivity contribution in [3.8, 4) is 0 Å². The molecule has 0 atom stereocenters. The van der Waals surface area contributed by atoms with E-state index in [1.807, 2.05) is 0 Å². The predicted octanol–water partition coefficient (Wildman–Crippen LogP) is 1.95. The molecule has 0 N–H and O–H groups in total. The second-order valence-electron chi connectivity index (χ2n) is 4.06. The number of carbonyl (C=O) groups excluding carboxylic acids is 2. The first kappa shape index (κ1) is 14.3. The number of thioether (sulfide) groups is 1. The quantitative estimate of drug-likeness (QED) is 0.746. The summed E-state index contributed by atoms with van der Waals surface area (Å²) in [6, 6.07) is 0. The summed E-state index contributed by atoms with van der Waals surface area (Å²) in [6.07, 6.45) is -0.486. The SMILES string of the molecule is [CH2]CSC(=O)CN(C)C(=O)OC(C)(C)C. The minimum atomic E-state index is -0.534. The lowest BCUT2D eigenvalue weighted by molar-refractivity contribution is -0.111. The van der Waals surface area contributed by atoms with Gasteiger partial charge in [-0.1, -0.05) is 11.8 Å². The third-order valence-electron chi connectivity index (χ3n) is 1.33. The molecule has 0 aliphatic rings. The fourth-order valence-electron chi connectivity index (χ4n) is 0.758. The van der Waals surface area contributed by atoms with Crippen molar-refractivity contribution in [2.45, 2.75) is 26.4 Å². The number of hydrogen-bond acceptors (Lipinski definition) is 4. The number of ether oxygens (including phenoxy) is 1. The van der Waals surface area contributed by atoms with Crippen molar-refractivity contribution >= 4 is 23.0 Å². The molecule has 0 aliphatic heterocycles. The smallest absolute Gasteiger partial charge is 0.410 e. The third kappa shape index (κ3) is 7.25. The molecule has 0 aromatic carbocycles. The zero-order valence-electron chi connectivity index (χ0n) is 9.70. The minimum Gasteiger partial charge on any atom is -0.444 e. The minimum absolute atomic E-state index is 0.0507. The molecular formula is C10H18NO3S. The van der Waals surface area contributed by atoms with E-state index in [1.54, 1.807) is 20.8 Å². The highest BCUT2D eigenvalue weighted by Crippen LogP contribution is 2.10. The fraction of sp³-hybridized carbons (Fsp3) is 0.700. The Hall–Kier alpha value is -0.710. The Morgan fingerprint density at radius 2 is 1.93 bits per heavy atom. The molecule has 0 spiro atoms. The Balaban J connectivity index is 4.05. The van der Waals surface area contributed by atoms with Gasteiger partial charge in [0.05, 0.1) is 6.54 Å². The van der Waals surface area contributed by atoms with Crippen LogP contribution in [0.2, 0.25) is 0 Å². The second kappa shape index (κ2) is 6.00. The summed E-state index contributed by atoms with van der Waals surface area (Å²) in [5, 5.41) is -0.0849. The van der Waals surface area contributed by atoms with Gasteiger partial charge in [0, 0.05) is 12.8 Å². The van der Waals surface area contributed by atoms with E-state index in [9.17, 15) is 9.59 Å². The van der Waals surface area contributed by atoms with Crippen molar-refractivity contribution in [3.05, 3.63) is 6.92 Å². The summed E-state index contributed by atoms with van der Waals surface area (Å²) in [5.41, 5.74) is -0.534. The van der Waals surface area contributed by atoms with E-state index < -0.39 is 11.7 Å². The van der Waals surface area contributed by atoms with Crippen LogP contribution >= 0.6 is 11.8 Å². The van der Waals surface area contributed by atoms with Crippen molar-refractivity contribution in [2.75, 3.05) is 19.3 Å². The van der Waals surface area contributed by atoms with Crippen LogP contribution in [-0.4, -0.2) is 41.1 Å². The van der Waals surface area contributed by atoms with Crippen molar-refractivity contribution < 1.29 is 14.3 Å². The summed E-state index contributed by atoms with van der Waals surface area (Å²) >= 11 is 1.10. The maximum Gasteiger partial charge on any atom is 0.410 e. The Kier molecular flexibility index (Phi) is 5.72. The molecular weight excluding hydrogens is 214 g/mol. The van der Waals surface area contributed by atoms with Crippen LogP contribution in [0, 0.1) is 6.92 Å². The molecule has 0 saturated carbocycles.